The number of hydrogen-bond acceptors (Lipinski definition) is 5. The Hall–Kier alpha value is -2.87. The lowest BCUT2D eigenvalue weighted by molar-refractivity contribution is -0.113. The van der Waals surface area contributed by atoms with E-state index in [0.717, 1.165) is 0 Å². The number of amides is 1. The van der Waals surface area contributed by atoms with Gasteiger partial charge in [-0.3, -0.25) is 9.89 Å². The normalized spacial score (nSPS) is 11.0. The summed E-state index contributed by atoms with van der Waals surface area (Å²) < 4.78 is 18.2. The van der Waals surface area contributed by atoms with E-state index in [-0.39, 0.29) is 11.7 Å². The highest BCUT2D eigenvalue weighted by atomic mass is 32.2. The van der Waals surface area contributed by atoms with Crippen LogP contribution in [0.4, 0.5) is 10.1 Å². The first-order valence-electron chi connectivity index (χ1n) is 7.01. The zero-order chi connectivity index (χ0) is 16.8. The third-order valence-electron chi connectivity index (χ3n) is 2.87. The van der Waals surface area contributed by atoms with Gasteiger partial charge in [0.15, 0.2) is 0 Å². The third-order valence-corrected chi connectivity index (χ3v) is 3.72. The van der Waals surface area contributed by atoms with Crippen LogP contribution in [0, 0.1) is 5.82 Å². The fraction of sp³-hybridized carbons (Fsp3) is 0.0625. The summed E-state index contributed by atoms with van der Waals surface area (Å²) in [7, 11) is 0. The van der Waals surface area contributed by atoms with Crippen molar-refractivity contribution >= 4 is 35.5 Å². The van der Waals surface area contributed by atoms with E-state index in [2.05, 4.69) is 20.5 Å². The molecular formula is C16H13FN4O2S. The minimum atomic E-state index is -0.401. The Balaban J connectivity index is 1.50. The van der Waals surface area contributed by atoms with Crippen LogP contribution >= 0.6 is 11.8 Å². The van der Waals surface area contributed by atoms with Crippen LogP contribution in [0.5, 0.6) is 0 Å². The molecule has 0 aliphatic carbocycles. The third kappa shape index (κ3) is 4.56. The molecular weight excluding hydrogens is 331 g/mol. The van der Waals surface area contributed by atoms with Crippen molar-refractivity contribution < 1.29 is 13.6 Å². The Morgan fingerprint density at radius 3 is 3.04 bits per heavy atom. The number of rotatable bonds is 6. The summed E-state index contributed by atoms with van der Waals surface area (Å²) in [5, 5.41) is 9.83. The molecule has 122 valence electrons. The van der Waals surface area contributed by atoms with Gasteiger partial charge < -0.3 is 9.73 Å². The number of thioether (sulfide) groups is 1. The molecule has 8 heteroatoms. The zero-order valence-electron chi connectivity index (χ0n) is 12.4. The van der Waals surface area contributed by atoms with Crippen molar-refractivity contribution in [3.8, 4) is 0 Å². The highest BCUT2D eigenvalue weighted by molar-refractivity contribution is 7.99. The number of aromatic amines is 1. The van der Waals surface area contributed by atoms with Gasteiger partial charge in [-0.05, 0) is 42.5 Å². The summed E-state index contributed by atoms with van der Waals surface area (Å²) in [6.45, 7) is 0. The van der Waals surface area contributed by atoms with Crippen LogP contribution < -0.4 is 5.32 Å². The maximum absolute atomic E-state index is 13.1. The average Bonchev–Trinajstić information content (AvgIpc) is 3.23. The first-order chi connectivity index (χ1) is 11.7. The molecule has 2 heterocycles. The van der Waals surface area contributed by atoms with Crippen molar-refractivity contribution in [3.05, 3.63) is 60.1 Å². The van der Waals surface area contributed by atoms with Crippen LogP contribution in [0.1, 0.15) is 11.6 Å². The molecule has 3 rings (SSSR count). The second kappa shape index (κ2) is 7.60. The Morgan fingerprint density at radius 2 is 2.25 bits per heavy atom. The molecule has 0 aliphatic rings. The van der Waals surface area contributed by atoms with Crippen molar-refractivity contribution in [1.29, 1.82) is 0 Å². The highest BCUT2D eigenvalue weighted by Crippen LogP contribution is 2.15. The van der Waals surface area contributed by atoms with E-state index in [4.69, 9.17) is 4.42 Å². The second-order valence-electron chi connectivity index (χ2n) is 4.70. The largest absolute Gasteiger partial charge is 0.465 e. The van der Waals surface area contributed by atoms with Gasteiger partial charge in [0.1, 0.15) is 17.4 Å². The lowest BCUT2D eigenvalue weighted by Crippen LogP contribution is -2.14. The van der Waals surface area contributed by atoms with E-state index in [9.17, 15) is 9.18 Å². The van der Waals surface area contributed by atoms with E-state index < -0.39 is 5.82 Å². The molecule has 1 aromatic carbocycles. The summed E-state index contributed by atoms with van der Waals surface area (Å²) in [5.41, 5.74) is 0.414. The number of furan rings is 1. The molecule has 1 amide bonds. The molecule has 0 bridgehead atoms. The minimum Gasteiger partial charge on any atom is -0.465 e. The monoisotopic (exact) mass is 344 g/mol. The number of nitrogens with zero attached hydrogens (tertiary/aromatic N) is 2. The number of nitrogens with one attached hydrogen (secondary N) is 2. The van der Waals surface area contributed by atoms with E-state index >= 15 is 0 Å². The predicted molar refractivity (Wildman–Crippen MR) is 89.8 cm³/mol. The Bertz CT molecular complexity index is 845. The highest BCUT2D eigenvalue weighted by Gasteiger charge is 2.07. The lowest BCUT2D eigenvalue weighted by atomic mass is 10.3. The smallest absolute Gasteiger partial charge is 0.234 e. The minimum absolute atomic E-state index is 0.121. The van der Waals surface area contributed by atoms with Crippen molar-refractivity contribution in [1.82, 2.24) is 15.2 Å². The van der Waals surface area contributed by atoms with Crippen molar-refractivity contribution in [2.75, 3.05) is 11.1 Å². The fourth-order valence-corrected chi connectivity index (χ4v) is 2.44. The van der Waals surface area contributed by atoms with Crippen molar-refractivity contribution in [2.24, 2.45) is 0 Å². The predicted octanol–water partition coefficient (Wildman–Crippen LogP) is 3.44. The number of carbonyl (C=O) groups excluding carboxylic acids is 1. The topological polar surface area (TPSA) is 83.8 Å². The molecule has 0 radical (unpaired) electrons. The van der Waals surface area contributed by atoms with Gasteiger partial charge in [-0.15, -0.1) is 5.10 Å². The summed E-state index contributed by atoms with van der Waals surface area (Å²) in [6, 6.07) is 9.33. The SMILES string of the molecule is O=C(CSc1n[nH]c(C=Cc2ccco2)n1)Nc1cccc(F)c1. The van der Waals surface area contributed by atoms with Gasteiger partial charge in [0.2, 0.25) is 11.1 Å². The maximum Gasteiger partial charge on any atom is 0.234 e. The zero-order valence-corrected chi connectivity index (χ0v) is 13.2. The van der Waals surface area contributed by atoms with Crippen LogP contribution in [0.2, 0.25) is 0 Å². The lowest BCUT2D eigenvalue weighted by Gasteiger charge is -2.03. The molecule has 6 nitrogen and oxygen atoms in total. The molecule has 2 N–H and O–H groups in total. The molecule has 0 saturated carbocycles. The molecule has 0 saturated heterocycles. The Labute approximate surface area is 141 Å². The Morgan fingerprint density at radius 1 is 1.33 bits per heavy atom. The number of aromatic nitrogens is 3. The molecule has 0 unspecified atom stereocenters. The fourth-order valence-electron chi connectivity index (χ4n) is 1.84. The second-order valence-corrected chi connectivity index (χ2v) is 5.64. The number of carbonyl (C=O) groups is 1. The molecule has 0 atom stereocenters. The number of anilines is 1. The van der Waals surface area contributed by atoms with E-state index in [0.29, 0.717) is 22.4 Å². The number of hydrogen-bond donors (Lipinski definition) is 2. The Kier molecular flexibility index (Phi) is 5.07. The molecule has 0 spiro atoms. The van der Waals surface area contributed by atoms with Crippen LogP contribution in [0.25, 0.3) is 12.2 Å². The van der Waals surface area contributed by atoms with Crippen molar-refractivity contribution in [2.45, 2.75) is 5.16 Å². The molecule has 3 aromatic rings. The summed E-state index contributed by atoms with van der Waals surface area (Å²) in [4.78, 5) is 16.1. The number of benzene rings is 1. The number of halogens is 1. The van der Waals surface area contributed by atoms with Gasteiger partial charge in [-0.2, -0.15) is 0 Å². The van der Waals surface area contributed by atoms with Gasteiger partial charge in [-0.1, -0.05) is 17.8 Å². The van der Waals surface area contributed by atoms with E-state index in [1.807, 2.05) is 6.07 Å². The molecule has 0 fully saturated rings. The van der Waals surface area contributed by atoms with Gasteiger partial charge in [-0.25, -0.2) is 9.37 Å². The standard InChI is InChI=1S/C16H13FN4O2S/c17-11-3-1-4-12(9-11)18-15(22)10-24-16-19-14(20-21-16)7-6-13-5-2-8-23-13/h1-9H,10H2,(H,18,22)(H,19,20,21). The first-order valence-corrected chi connectivity index (χ1v) is 8.00. The summed E-state index contributed by atoms with van der Waals surface area (Å²) in [5.74, 6) is 0.718. The number of H-pyrrole nitrogens is 1. The molecule has 2 aromatic heterocycles. The average molecular weight is 344 g/mol. The van der Waals surface area contributed by atoms with Gasteiger partial charge in [0, 0.05) is 5.69 Å². The first kappa shape index (κ1) is 16.0. The van der Waals surface area contributed by atoms with Crippen molar-refractivity contribution in [3.63, 3.8) is 0 Å². The van der Waals surface area contributed by atoms with E-state index in [1.54, 1.807) is 30.5 Å². The summed E-state index contributed by atoms with van der Waals surface area (Å²) in [6.07, 6.45) is 5.06. The quantitative estimate of drug-likeness (QED) is 0.669. The summed E-state index contributed by atoms with van der Waals surface area (Å²) >= 11 is 1.18. The van der Waals surface area contributed by atoms with Crippen LogP contribution in [-0.2, 0) is 4.79 Å². The van der Waals surface area contributed by atoms with Crippen LogP contribution in [0.15, 0.2) is 52.2 Å². The maximum atomic E-state index is 13.1. The molecule has 24 heavy (non-hydrogen) atoms. The van der Waals surface area contributed by atoms with Gasteiger partial charge >= 0.3 is 0 Å². The molecule has 0 aliphatic heterocycles. The van der Waals surface area contributed by atoms with E-state index in [1.165, 1.54) is 30.0 Å². The van der Waals surface area contributed by atoms with Gasteiger partial charge in [0.05, 0.1) is 12.0 Å². The van der Waals surface area contributed by atoms with Gasteiger partial charge in [0.25, 0.3) is 0 Å². The van der Waals surface area contributed by atoms with Crippen LogP contribution in [-0.4, -0.2) is 26.8 Å². The van der Waals surface area contributed by atoms with Crippen LogP contribution in [0.3, 0.4) is 0 Å².